The summed E-state index contributed by atoms with van der Waals surface area (Å²) in [5.74, 6) is 1.25. The Labute approximate surface area is 131 Å². The zero-order valence-electron chi connectivity index (χ0n) is 14.9. The first-order valence-electron chi connectivity index (χ1n) is 8.32. The van der Waals surface area contributed by atoms with Gasteiger partial charge in [-0.05, 0) is 37.0 Å². The summed E-state index contributed by atoms with van der Waals surface area (Å²) in [5.41, 5.74) is 6.57. The van der Waals surface area contributed by atoms with Crippen molar-refractivity contribution in [3.05, 3.63) is 0 Å². The maximum Gasteiger partial charge on any atom is 0.0615 e. The summed E-state index contributed by atoms with van der Waals surface area (Å²) >= 11 is 0. The van der Waals surface area contributed by atoms with Crippen molar-refractivity contribution in [1.29, 1.82) is 0 Å². The first kappa shape index (κ1) is 18.9. The van der Waals surface area contributed by atoms with Crippen LogP contribution in [0.3, 0.4) is 0 Å². The summed E-state index contributed by atoms with van der Waals surface area (Å²) in [4.78, 5) is 2.52. The number of methoxy groups -OCH3 is 2. The highest BCUT2D eigenvalue weighted by Gasteiger charge is 2.42. The summed E-state index contributed by atoms with van der Waals surface area (Å²) in [5, 5.41) is 0. The average Bonchev–Trinajstić information content (AvgIpc) is 2.43. The van der Waals surface area contributed by atoms with Gasteiger partial charge in [0.15, 0.2) is 0 Å². The third-order valence-corrected chi connectivity index (χ3v) is 5.79. The molecule has 4 atom stereocenters. The van der Waals surface area contributed by atoms with Crippen LogP contribution in [-0.4, -0.2) is 57.5 Å². The van der Waals surface area contributed by atoms with E-state index in [4.69, 9.17) is 15.2 Å². The molecule has 1 aliphatic carbocycles. The van der Waals surface area contributed by atoms with Crippen molar-refractivity contribution < 1.29 is 9.47 Å². The Morgan fingerprint density at radius 2 is 1.90 bits per heavy atom. The van der Waals surface area contributed by atoms with Gasteiger partial charge in [0, 0.05) is 39.4 Å². The van der Waals surface area contributed by atoms with Gasteiger partial charge in [-0.25, -0.2) is 0 Å². The highest BCUT2D eigenvalue weighted by atomic mass is 16.5. The van der Waals surface area contributed by atoms with Crippen LogP contribution in [0.2, 0.25) is 0 Å². The molecule has 0 aromatic rings. The van der Waals surface area contributed by atoms with Crippen LogP contribution in [0.15, 0.2) is 0 Å². The Bertz CT molecular complexity index is 297. The zero-order chi connectivity index (χ0) is 16.0. The number of hydrogen-bond acceptors (Lipinski definition) is 4. The van der Waals surface area contributed by atoms with Gasteiger partial charge < -0.3 is 15.2 Å². The van der Waals surface area contributed by atoms with E-state index in [1.165, 1.54) is 6.42 Å². The lowest BCUT2D eigenvalue weighted by Gasteiger charge is -2.49. The van der Waals surface area contributed by atoms with Gasteiger partial charge >= 0.3 is 0 Å². The van der Waals surface area contributed by atoms with E-state index in [1.54, 1.807) is 14.2 Å². The van der Waals surface area contributed by atoms with Crippen molar-refractivity contribution in [2.45, 2.75) is 52.6 Å². The number of rotatable bonds is 8. The quantitative estimate of drug-likeness (QED) is 0.747. The van der Waals surface area contributed by atoms with Crippen molar-refractivity contribution >= 4 is 0 Å². The zero-order valence-corrected chi connectivity index (χ0v) is 14.9. The second kappa shape index (κ2) is 8.47. The molecule has 1 saturated carbocycles. The van der Waals surface area contributed by atoms with E-state index >= 15 is 0 Å². The van der Waals surface area contributed by atoms with Crippen LogP contribution in [0.5, 0.6) is 0 Å². The topological polar surface area (TPSA) is 47.7 Å². The smallest absolute Gasteiger partial charge is 0.0615 e. The van der Waals surface area contributed by atoms with Crippen LogP contribution in [0.1, 0.15) is 40.5 Å². The molecule has 0 bridgehead atoms. The fraction of sp³-hybridized carbons (Fsp3) is 1.00. The monoisotopic (exact) mass is 300 g/mol. The molecule has 0 aromatic carbocycles. The van der Waals surface area contributed by atoms with E-state index in [0.717, 1.165) is 32.7 Å². The van der Waals surface area contributed by atoms with E-state index in [1.807, 2.05) is 0 Å². The number of nitrogens with zero attached hydrogens (tertiary/aromatic N) is 1. The molecule has 0 radical (unpaired) electrons. The van der Waals surface area contributed by atoms with E-state index in [2.05, 4.69) is 32.6 Å². The molecule has 0 spiro atoms. The minimum Gasteiger partial charge on any atom is -0.383 e. The third kappa shape index (κ3) is 4.92. The third-order valence-electron chi connectivity index (χ3n) is 5.79. The minimum atomic E-state index is 0.287. The molecule has 0 amide bonds. The first-order chi connectivity index (χ1) is 9.84. The van der Waals surface area contributed by atoms with Gasteiger partial charge in [-0.2, -0.15) is 0 Å². The SMILES string of the molecule is COCCN(CC1CCC(N)C(C)C1(C)C)C(C)COC. The Hall–Kier alpha value is -0.160. The standard InChI is InChI=1S/C17H36N2O2/c1-13(12-21-6)19(9-10-20-5)11-15-7-8-16(18)14(2)17(15,3)4/h13-16H,7-12,18H2,1-6H3. The van der Waals surface area contributed by atoms with Crippen molar-refractivity contribution in [3.63, 3.8) is 0 Å². The number of hydrogen-bond donors (Lipinski definition) is 1. The Morgan fingerprint density at radius 3 is 2.48 bits per heavy atom. The van der Waals surface area contributed by atoms with Gasteiger partial charge in [0.1, 0.15) is 0 Å². The molecular formula is C17H36N2O2. The fourth-order valence-electron chi connectivity index (χ4n) is 3.60. The molecule has 4 heteroatoms. The van der Waals surface area contributed by atoms with Crippen LogP contribution >= 0.6 is 0 Å². The number of ether oxygens (including phenoxy) is 2. The molecule has 2 N–H and O–H groups in total. The van der Waals surface area contributed by atoms with Gasteiger partial charge in [0.05, 0.1) is 13.2 Å². The number of nitrogens with two attached hydrogens (primary N) is 1. The van der Waals surface area contributed by atoms with Gasteiger partial charge in [0.25, 0.3) is 0 Å². The molecule has 0 saturated heterocycles. The van der Waals surface area contributed by atoms with E-state index in [-0.39, 0.29) is 5.41 Å². The molecule has 1 fully saturated rings. The van der Waals surface area contributed by atoms with E-state index < -0.39 is 0 Å². The second-order valence-corrected chi connectivity index (χ2v) is 7.34. The lowest BCUT2D eigenvalue weighted by molar-refractivity contribution is 0.00154. The first-order valence-corrected chi connectivity index (χ1v) is 8.32. The van der Waals surface area contributed by atoms with Crippen molar-refractivity contribution in [2.24, 2.45) is 23.0 Å². The molecule has 4 unspecified atom stereocenters. The second-order valence-electron chi connectivity index (χ2n) is 7.34. The fourth-order valence-corrected chi connectivity index (χ4v) is 3.60. The van der Waals surface area contributed by atoms with Crippen LogP contribution in [0, 0.1) is 17.3 Å². The molecule has 4 nitrogen and oxygen atoms in total. The molecule has 1 rings (SSSR count). The van der Waals surface area contributed by atoms with E-state index in [9.17, 15) is 0 Å². The molecule has 21 heavy (non-hydrogen) atoms. The molecule has 1 aliphatic rings. The Balaban J connectivity index is 2.72. The summed E-state index contributed by atoms with van der Waals surface area (Å²) in [6.45, 7) is 12.9. The maximum atomic E-state index is 6.28. The van der Waals surface area contributed by atoms with Crippen LogP contribution in [0.4, 0.5) is 0 Å². The summed E-state index contributed by atoms with van der Waals surface area (Å²) in [7, 11) is 3.54. The minimum absolute atomic E-state index is 0.287. The molecule has 0 heterocycles. The highest BCUT2D eigenvalue weighted by molar-refractivity contribution is 4.94. The van der Waals surface area contributed by atoms with Crippen LogP contribution in [-0.2, 0) is 9.47 Å². The van der Waals surface area contributed by atoms with Crippen LogP contribution < -0.4 is 5.73 Å². The largest absolute Gasteiger partial charge is 0.383 e. The van der Waals surface area contributed by atoms with Gasteiger partial charge in [0.2, 0.25) is 0 Å². The molecule has 0 aliphatic heterocycles. The van der Waals surface area contributed by atoms with Gasteiger partial charge in [-0.1, -0.05) is 20.8 Å². The van der Waals surface area contributed by atoms with Gasteiger partial charge in [-0.15, -0.1) is 0 Å². The predicted octanol–water partition coefficient (Wildman–Crippen LogP) is 2.37. The lowest BCUT2D eigenvalue weighted by Crippen LogP contribution is -2.51. The van der Waals surface area contributed by atoms with E-state index in [0.29, 0.717) is 23.9 Å². The summed E-state index contributed by atoms with van der Waals surface area (Å²) in [6, 6.07) is 0.770. The average molecular weight is 300 g/mol. The summed E-state index contributed by atoms with van der Waals surface area (Å²) < 4.78 is 10.6. The summed E-state index contributed by atoms with van der Waals surface area (Å²) in [6.07, 6.45) is 2.37. The normalized spacial score (nSPS) is 30.6. The molecular weight excluding hydrogens is 264 g/mol. The Kier molecular flexibility index (Phi) is 7.62. The van der Waals surface area contributed by atoms with Crippen molar-refractivity contribution in [1.82, 2.24) is 4.90 Å². The molecule has 0 aromatic heterocycles. The predicted molar refractivity (Wildman–Crippen MR) is 88.4 cm³/mol. The maximum absolute atomic E-state index is 6.28. The van der Waals surface area contributed by atoms with Crippen molar-refractivity contribution in [2.75, 3.05) is 40.5 Å². The lowest BCUT2D eigenvalue weighted by atomic mass is 9.61. The Morgan fingerprint density at radius 1 is 1.24 bits per heavy atom. The molecule has 126 valence electrons. The van der Waals surface area contributed by atoms with Gasteiger partial charge in [-0.3, -0.25) is 4.90 Å². The highest BCUT2D eigenvalue weighted by Crippen LogP contribution is 2.44. The van der Waals surface area contributed by atoms with Crippen molar-refractivity contribution in [3.8, 4) is 0 Å². The van der Waals surface area contributed by atoms with Crippen LogP contribution in [0.25, 0.3) is 0 Å².